The Hall–Kier alpha value is -3.74. The largest absolute Gasteiger partial charge is 0.493 e. The fraction of sp³-hybridized carbons (Fsp3) is 0.462. The Morgan fingerprint density at radius 1 is 1.00 bits per heavy atom. The molecule has 2 aromatic carbocycles. The Balaban J connectivity index is 0.000000237. The average Bonchev–Trinajstić information content (AvgIpc) is 3.35. The molecule has 0 spiro atoms. The number of carboxylic acid groups (broad SMARTS) is 1. The second kappa shape index (κ2) is 15.7. The number of aliphatic hydroxyl groups is 1. The van der Waals surface area contributed by atoms with Crippen LogP contribution >= 0.6 is 9.24 Å². The fourth-order valence-electron chi connectivity index (χ4n) is 6.39. The average molecular weight is 674 g/mol. The highest BCUT2D eigenvalue weighted by Crippen LogP contribution is 2.40. The molecule has 2 aliphatic rings. The van der Waals surface area contributed by atoms with Gasteiger partial charge in [-0.1, -0.05) is 17.7 Å². The predicted molar refractivity (Wildman–Crippen MR) is 199 cm³/mol. The zero-order valence-electron chi connectivity index (χ0n) is 29.9. The zero-order chi connectivity index (χ0) is 35.3. The first-order valence-electron chi connectivity index (χ1n) is 16.9. The molecule has 1 fully saturated rings. The molecule has 1 atom stereocenters. The van der Waals surface area contributed by atoms with Gasteiger partial charge in [-0.15, -0.1) is 9.24 Å². The van der Waals surface area contributed by atoms with E-state index in [0.717, 1.165) is 51.5 Å². The Morgan fingerprint density at radius 2 is 1.62 bits per heavy atom. The fourth-order valence-corrected chi connectivity index (χ4v) is 6.82. The molecule has 0 amide bonds. The van der Waals surface area contributed by atoms with Gasteiger partial charge in [0.05, 0.1) is 24.3 Å². The Bertz CT molecular complexity index is 1770. The number of carbonyl (C=O) groups is 2. The number of piperidine rings is 1. The molecule has 0 aliphatic carbocycles. The van der Waals surface area contributed by atoms with Gasteiger partial charge in [-0.3, -0.25) is 9.59 Å². The molecule has 9 heteroatoms. The van der Waals surface area contributed by atoms with Crippen molar-refractivity contribution in [3.05, 3.63) is 70.0 Å². The molecule has 2 N–H and O–H groups in total. The van der Waals surface area contributed by atoms with Gasteiger partial charge in [0.15, 0.2) is 5.78 Å². The van der Waals surface area contributed by atoms with Crippen LogP contribution in [0.4, 0.5) is 5.69 Å². The first-order valence-corrected chi connectivity index (χ1v) is 17.4. The van der Waals surface area contributed by atoms with Crippen LogP contribution in [0.5, 0.6) is 5.75 Å². The summed E-state index contributed by atoms with van der Waals surface area (Å²) in [6.45, 7) is 16.0. The van der Waals surface area contributed by atoms with Crippen molar-refractivity contribution >= 4 is 43.0 Å². The SMILES string of the molecule is CC(=O)c1cc2c(-c3cc(P)c4c(c3C)CCCO4)c(CC(=O)O)c(C)nc2n1C.CC(C)(C)O.Cc1ccc(N2CCCCC2)cc1. The lowest BCUT2D eigenvalue weighted by Crippen LogP contribution is -2.29. The summed E-state index contributed by atoms with van der Waals surface area (Å²) >= 11 is 0. The van der Waals surface area contributed by atoms with E-state index in [2.05, 4.69) is 57.2 Å². The van der Waals surface area contributed by atoms with Crippen LogP contribution in [0.1, 0.15) is 91.8 Å². The molecule has 0 bridgehead atoms. The third kappa shape index (κ3) is 9.03. The van der Waals surface area contributed by atoms with E-state index in [4.69, 9.17) is 9.84 Å². The first kappa shape index (κ1) is 37.1. The number of anilines is 1. The molecule has 1 saturated heterocycles. The second-order valence-corrected chi connectivity index (χ2v) is 14.6. The number of hydrogen-bond acceptors (Lipinski definition) is 6. The lowest BCUT2D eigenvalue weighted by Gasteiger charge is -2.28. The molecule has 1 unspecified atom stereocenters. The molecular weight excluding hydrogens is 621 g/mol. The van der Waals surface area contributed by atoms with Gasteiger partial charge >= 0.3 is 5.97 Å². The van der Waals surface area contributed by atoms with Crippen molar-refractivity contribution in [1.82, 2.24) is 9.55 Å². The standard InChI is InChI=1S/C23H25N2O4P.C12H17N.C4H10O/c1-11-14-6-5-7-29-22(14)19(30)9-15(11)21-16(10-20(27)28)12(2)24-23-17(21)8-18(13(3)26)25(23)4;1-11-5-7-12(8-6-11)13-9-3-2-4-10-13;1-4(2,3)5/h8-9H,5-7,10,30H2,1-4H3,(H,27,28);5-8H,2-4,9-10H2,1H3;5H,1-3H3. The normalized spacial score (nSPS) is 14.2. The van der Waals surface area contributed by atoms with Gasteiger partial charge in [-0.05, 0) is 126 Å². The third-order valence-corrected chi connectivity index (χ3v) is 9.13. The minimum absolute atomic E-state index is 0.0545. The van der Waals surface area contributed by atoms with Crippen molar-refractivity contribution in [2.45, 2.75) is 92.6 Å². The molecule has 0 saturated carbocycles. The predicted octanol–water partition coefficient (Wildman–Crippen LogP) is 7.27. The number of carbonyl (C=O) groups excluding carboxylic acids is 1. The minimum Gasteiger partial charge on any atom is -0.493 e. The molecule has 6 rings (SSSR count). The van der Waals surface area contributed by atoms with Gasteiger partial charge in [0.25, 0.3) is 0 Å². The summed E-state index contributed by atoms with van der Waals surface area (Å²) in [4.78, 5) is 31.0. The molecule has 4 heterocycles. The van der Waals surface area contributed by atoms with Crippen molar-refractivity contribution in [2.75, 3.05) is 24.6 Å². The highest BCUT2D eigenvalue weighted by molar-refractivity contribution is 7.27. The van der Waals surface area contributed by atoms with Crippen molar-refractivity contribution < 1.29 is 24.5 Å². The molecular formula is C39H52N3O5P. The number of rotatable bonds is 5. The minimum atomic E-state index is -0.909. The molecule has 2 aliphatic heterocycles. The van der Waals surface area contributed by atoms with Gasteiger partial charge < -0.3 is 24.4 Å². The maximum Gasteiger partial charge on any atom is 0.307 e. The molecule has 0 radical (unpaired) electrons. The van der Waals surface area contributed by atoms with Crippen LogP contribution in [0.25, 0.3) is 22.2 Å². The lowest BCUT2D eigenvalue weighted by atomic mass is 9.87. The summed E-state index contributed by atoms with van der Waals surface area (Å²) in [5, 5.41) is 19.9. The number of benzene rings is 2. The van der Waals surface area contributed by atoms with Crippen LogP contribution < -0.4 is 14.9 Å². The summed E-state index contributed by atoms with van der Waals surface area (Å²) in [5.41, 5.74) is 8.88. The van der Waals surface area contributed by atoms with E-state index in [1.807, 2.05) is 26.1 Å². The van der Waals surface area contributed by atoms with Crippen LogP contribution in [0, 0.1) is 20.8 Å². The van der Waals surface area contributed by atoms with Crippen molar-refractivity contribution in [2.24, 2.45) is 7.05 Å². The van der Waals surface area contributed by atoms with Crippen LogP contribution in [0.15, 0.2) is 36.4 Å². The third-order valence-electron chi connectivity index (χ3n) is 8.71. The molecule has 258 valence electrons. The lowest BCUT2D eigenvalue weighted by molar-refractivity contribution is -0.136. The topological polar surface area (TPSA) is 105 Å². The summed E-state index contributed by atoms with van der Waals surface area (Å²) in [5.74, 6) is -0.0544. The number of fused-ring (bicyclic) bond motifs is 2. The van der Waals surface area contributed by atoms with Crippen LogP contribution in [0.2, 0.25) is 0 Å². The monoisotopic (exact) mass is 673 g/mol. The van der Waals surface area contributed by atoms with E-state index < -0.39 is 11.6 Å². The summed E-state index contributed by atoms with van der Waals surface area (Å²) in [6, 6.07) is 12.8. The number of nitrogens with zero attached hydrogens (tertiary/aromatic N) is 3. The van der Waals surface area contributed by atoms with E-state index in [0.29, 0.717) is 29.2 Å². The van der Waals surface area contributed by atoms with Gasteiger partial charge in [-0.2, -0.15) is 0 Å². The quantitative estimate of drug-likeness (QED) is 0.170. The molecule has 4 aromatic rings. The van der Waals surface area contributed by atoms with E-state index in [-0.39, 0.29) is 12.2 Å². The van der Waals surface area contributed by atoms with Crippen LogP contribution in [-0.2, 0) is 24.7 Å². The summed E-state index contributed by atoms with van der Waals surface area (Å²) in [7, 11) is 4.57. The van der Waals surface area contributed by atoms with Gasteiger partial charge in [-0.25, -0.2) is 4.98 Å². The van der Waals surface area contributed by atoms with E-state index in [9.17, 15) is 14.7 Å². The highest BCUT2D eigenvalue weighted by Gasteiger charge is 2.25. The van der Waals surface area contributed by atoms with E-state index in [1.165, 1.54) is 50.5 Å². The number of hydrogen-bond donors (Lipinski definition) is 2. The van der Waals surface area contributed by atoms with Crippen LogP contribution in [0.3, 0.4) is 0 Å². The van der Waals surface area contributed by atoms with E-state index in [1.54, 1.807) is 25.3 Å². The van der Waals surface area contributed by atoms with Crippen molar-refractivity contribution in [3.63, 3.8) is 0 Å². The van der Waals surface area contributed by atoms with Crippen molar-refractivity contribution in [1.29, 1.82) is 0 Å². The number of Topliss-reactive ketones (excluding diaryl/α,β-unsaturated/α-hetero) is 1. The number of aliphatic carboxylic acids is 1. The Labute approximate surface area is 287 Å². The molecule has 48 heavy (non-hydrogen) atoms. The Kier molecular flexibility index (Phi) is 12.1. The summed E-state index contributed by atoms with van der Waals surface area (Å²) in [6.07, 6.45) is 5.86. The van der Waals surface area contributed by atoms with Gasteiger partial charge in [0.2, 0.25) is 0 Å². The Morgan fingerprint density at radius 3 is 2.21 bits per heavy atom. The van der Waals surface area contributed by atoms with Gasteiger partial charge in [0, 0.05) is 49.1 Å². The number of ether oxygens (including phenoxy) is 1. The van der Waals surface area contributed by atoms with Crippen molar-refractivity contribution in [3.8, 4) is 16.9 Å². The molecule has 2 aromatic heterocycles. The van der Waals surface area contributed by atoms with Gasteiger partial charge in [0.1, 0.15) is 11.4 Å². The smallest absolute Gasteiger partial charge is 0.307 e. The summed E-state index contributed by atoms with van der Waals surface area (Å²) < 4.78 is 7.70. The van der Waals surface area contributed by atoms with E-state index >= 15 is 0 Å². The number of aromatic nitrogens is 2. The van der Waals surface area contributed by atoms with Crippen LogP contribution in [-0.4, -0.2) is 56.8 Å². The zero-order valence-corrected chi connectivity index (χ0v) is 31.0. The second-order valence-electron chi connectivity index (χ2n) is 14.0. The maximum atomic E-state index is 12.2. The first-order chi connectivity index (χ1) is 22.6. The molecule has 8 nitrogen and oxygen atoms in total. The maximum absolute atomic E-state index is 12.2. The number of carboxylic acids is 1. The number of aryl methyl sites for hydroxylation is 3. The highest BCUT2D eigenvalue weighted by atomic mass is 31.0. The number of pyridine rings is 1. The number of ketones is 1.